The molecule has 0 fully saturated rings. The zero-order valence-electron chi connectivity index (χ0n) is 15.7. The number of fused-ring (bicyclic) bond motifs is 1. The molecule has 1 heterocycles. The van der Waals surface area contributed by atoms with Crippen molar-refractivity contribution in [3.63, 3.8) is 0 Å². The van der Waals surface area contributed by atoms with Gasteiger partial charge >= 0.3 is 0 Å². The molecule has 0 unspecified atom stereocenters. The zero-order valence-corrected chi connectivity index (χ0v) is 15.7. The fourth-order valence-corrected chi connectivity index (χ4v) is 3.65. The number of aryl methyl sites for hydroxylation is 3. The van der Waals surface area contributed by atoms with E-state index in [1.807, 2.05) is 44.2 Å². The Kier molecular flexibility index (Phi) is 4.75. The SMILES string of the molecule is CCc1nc(-c2ccc3c(c2)CC[C@H]3NC(=O)Cc2ccccc2C)no1. The number of hydrogen-bond donors (Lipinski definition) is 1. The lowest BCUT2D eigenvalue weighted by atomic mass is 10.0. The van der Waals surface area contributed by atoms with E-state index in [-0.39, 0.29) is 11.9 Å². The first kappa shape index (κ1) is 17.5. The standard InChI is InChI=1S/C22H23N3O2/c1-3-21-24-22(25-27-21)17-8-10-18-16(12-17)9-11-19(18)23-20(26)13-15-7-5-4-6-14(15)2/h4-8,10,12,19H,3,9,11,13H2,1-2H3,(H,23,26)/t19-/m1/s1. The van der Waals surface area contributed by atoms with Gasteiger partial charge in [0.2, 0.25) is 17.6 Å². The Morgan fingerprint density at radius 2 is 2.11 bits per heavy atom. The van der Waals surface area contributed by atoms with Gasteiger partial charge in [0.05, 0.1) is 12.5 Å². The number of benzene rings is 2. The number of nitrogens with zero attached hydrogens (tertiary/aromatic N) is 2. The van der Waals surface area contributed by atoms with Crippen LogP contribution in [0.1, 0.15) is 47.5 Å². The summed E-state index contributed by atoms with van der Waals surface area (Å²) in [4.78, 5) is 16.9. The Hall–Kier alpha value is -2.95. The third kappa shape index (κ3) is 3.63. The van der Waals surface area contributed by atoms with Gasteiger partial charge < -0.3 is 9.84 Å². The van der Waals surface area contributed by atoms with Gasteiger partial charge in [-0.25, -0.2) is 0 Å². The van der Waals surface area contributed by atoms with Crippen LogP contribution in [-0.4, -0.2) is 16.0 Å². The van der Waals surface area contributed by atoms with Crippen LogP contribution in [0.4, 0.5) is 0 Å². The predicted molar refractivity (Wildman–Crippen MR) is 103 cm³/mol. The summed E-state index contributed by atoms with van der Waals surface area (Å²) < 4.78 is 5.21. The average Bonchev–Trinajstić information content (AvgIpc) is 3.30. The van der Waals surface area contributed by atoms with Crippen LogP contribution in [0, 0.1) is 6.92 Å². The molecule has 1 N–H and O–H groups in total. The van der Waals surface area contributed by atoms with E-state index >= 15 is 0 Å². The van der Waals surface area contributed by atoms with E-state index in [0.29, 0.717) is 18.1 Å². The Morgan fingerprint density at radius 3 is 2.89 bits per heavy atom. The smallest absolute Gasteiger partial charge is 0.226 e. The largest absolute Gasteiger partial charge is 0.349 e. The third-order valence-electron chi connectivity index (χ3n) is 5.20. The van der Waals surface area contributed by atoms with E-state index in [1.165, 1.54) is 11.1 Å². The lowest BCUT2D eigenvalue weighted by Gasteiger charge is -2.15. The van der Waals surface area contributed by atoms with Gasteiger partial charge in [0.15, 0.2) is 0 Å². The number of aromatic nitrogens is 2. The molecule has 5 heteroatoms. The van der Waals surface area contributed by atoms with E-state index in [1.54, 1.807) is 0 Å². The molecule has 1 atom stereocenters. The quantitative estimate of drug-likeness (QED) is 0.747. The van der Waals surface area contributed by atoms with Gasteiger partial charge in [-0.3, -0.25) is 4.79 Å². The van der Waals surface area contributed by atoms with Gasteiger partial charge in [-0.05, 0) is 48.1 Å². The fourth-order valence-electron chi connectivity index (χ4n) is 3.65. The molecule has 1 aromatic heterocycles. The summed E-state index contributed by atoms with van der Waals surface area (Å²) in [6.07, 6.45) is 3.01. The highest BCUT2D eigenvalue weighted by Gasteiger charge is 2.25. The van der Waals surface area contributed by atoms with Crippen molar-refractivity contribution < 1.29 is 9.32 Å². The van der Waals surface area contributed by atoms with Crippen LogP contribution in [0.25, 0.3) is 11.4 Å². The minimum Gasteiger partial charge on any atom is -0.349 e. The Balaban J connectivity index is 1.47. The van der Waals surface area contributed by atoms with Crippen molar-refractivity contribution in [3.05, 3.63) is 70.6 Å². The van der Waals surface area contributed by atoms with Gasteiger partial charge in [-0.2, -0.15) is 4.98 Å². The molecule has 138 valence electrons. The second-order valence-electron chi connectivity index (χ2n) is 7.04. The fraction of sp³-hybridized carbons (Fsp3) is 0.318. The van der Waals surface area contributed by atoms with Crippen molar-refractivity contribution >= 4 is 5.91 Å². The lowest BCUT2D eigenvalue weighted by Crippen LogP contribution is -2.28. The number of nitrogens with one attached hydrogen (secondary N) is 1. The van der Waals surface area contributed by atoms with Crippen LogP contribution >= 0.6 is 0 Å². The van der Waals surface area contributed by atoms with Gasteiger partial charge in [0.25, 0.3) is 0 Å². The monoisotopic (exact) mass is 361 g/mol. The summed E-state index contributed by atoms with van der Waals surface area (Å²) in [5.41, 5.74) is 5.62. The molecule has 0 saturated carbocycles. The third-order valence-corrected chi connectivity index (χ3v) is 5.20. The maximum atomic E-state index is 12.5. The minimum absolute atomic E-state index is 0.0667. The number of hydrogen-bond acceptors (Lipinski definition) is 4. The van der Waals surface area contributed by atoms with Crippen molar-refractivity contribution in [3.8, 4) is 11.4 Å². The van der Waals surface area contributed by atoms with Crippen LogP contribution in [0.5, 0.6) is 0 Å². The Bertz CT molecular complexity index is 977. The molecule has 1 aliphatic rings. The lowest BCUT2D eigenvalue weighted by molar-refractivity contribution is -0.121. The van der Waals surface area contributed by atoms with E-state index in [2.05, 4.69) is 27.6 Å². The van der Waals surface area contributed by atoms with Crippen molar-refractivity contribution in [2.75, 3.05) is 0 Å². The first-order valence-corrected chi connectivity index (χ1v) is 9.43. The molecule has 0 spiro atoms. The topological polar surface area (TPSA) is 68.0 Å². The highest BCUT2D eigenvalue weighted by Crippen LogP contribution is 2.33. The number of amides is 1. The summed E-state index contributed by atoms with van der Waals surface area (Å²) in [6.45, 7) is 4.03. The van der Waals surface area contributed by atoms with Gasteiger partial charge in [-0.1, -0.05) is 48.5 Å². The first-order chi connectivity index (χ1) is 13.1. The molecule has 1 amide bonds. The molecule has 2 aromatic carbocycles. The van der Waals surface area contributed by atoms with Crippen molar-refractivity contribution in [1.82, 2.24) is 15.5 Å². The van der Waals surface area contributed by atoms with E-state index in [4.69, 9.17) is 4.52 Å². The molecule has 3 aromatic rings. The van der Waals surface area contributed by atoms with Crippen molar-refractivity contribution in [2.45, 2.75) is 45.6 Å². The maximum Gasteiger partial charge on any atom is 0.226 e. The van der Waals surface area contributed by atoms with Gasteiger partial charge in [-0.15, -0.1) is 0 Å². The molecule has 4 rings (SSSR count). The van der Waals surface area contributed by atoms with Crippen LogP contribution in [0.15, 0.2) is 47.0 Å². The van der Waals surface area contributed by atoms with Crippen molar-refractivity contribution in [2.24, 2.45) is 0 Å². The highest BCUT2D eigenvalue weighted by molar-refractivity contribution is 5.79. The van der Waals surface area contributed by atoms with Gasteiger partial charge in [0, 0.05) is 12.0 Å². The second-order valence-corrected chi connectivity index (χ2v) is 7.04. The number of carbonyl (C=O) groups excluding carboxylic acids is 1. The summed E-state index contributed by atoms with van der Waals surface area (Å²) in [5, 5.41) is 7.24. The molecular weight excluding hydrogens is 338 g/mol. The number of carbonyl (C=O) groups is 1. The molecular formula is C22H23N3O2. The van der Waals surface area contributed by atoms with Crippen LogP contribution in [-0.2, 0) is 24.1 Å². The molecule has 1 aliphatic carbocycles. The molecule has 0 aliphatic heterocycles. The van der Waals surface area contributed by atoms with Crippen LogP contribution in [0.3, 0.4) is 0 Å². The maximum absolute atomic E-state index is 12.5. The zero-order chi connectivity index (χ0) is 18.8. The normalized spacial score (nSPS) is 15.6. The number of rotatable bonds is 5. The summed E-state index contributed by atoms with van der Waals surface area (Å²) in [7, 11) is 0. The predicted octanol–water partition coefficient (Wildman–Crippen LogP) is 3.95. The molecule has 5 nitrogen and oxygen atoms in total. The Labute approximate surface area is 158 Å². The summed E-state index contributed by atoms with van der Waals surface area (Å²) in [5.74, 6) is 1.34. The second kappa shape index (κ2) is 7.35. The molecule has 0 saturated heterocycles. The minimum atomic E-state index is 0.0667. The molecule has 27 heavy (non-hydrogen) atoms. The van der Waals surface area contributed by atoms with Gasteiger partial charge in [0.1, 0.15) is 0 Å². The molecule has 0 bridgehead atoms. The van der Waals surface area contributed by atoms with Crippen LogP contribution in [0.2, 0.25) is 0 Å². The van der Waals surface area contributed by atoms with Crippen molar-refractivity contribution in [1.29, 1.82) is 0 Å². The highest BCUT2D eigenvalue weighted by atomic mass is 16.5. The Morgan fingerprint density at radius 1 is 1.26 bits per heavy atom. The van der Waals surface area contributed by atoms with Crippen LogP contribution < -0.4 is 5.32 Å². The van der Waals surface area contributed by atoms with E-state index < -0.39 is 0 Å². The van der Waals surface area contributed by atoms with E-state index in [0.717, 1.165) is 36.0 Å². The average molecular weight is 361 g/mol. The summed E-state index contributed by atoms with van der Waals surface area (Å²) >= 11 is 0. The first-order valence-electron chi connectivity index (χ1n) is 9.43. The van der Waals surface area contributed by atoms with E-state index in [9.17, 15) is 4.79 Å². The summed E-state index contributed by atoms with van der Waals surface area (Å²) in [6, 6.07) is 14.3. The molecule has 0 radical (unpaired) electrons.